The van der Waals surface area contributed by atoms with E-state index in [9.17, 15) is 4.79 Å². The maximum Gasteiger partial charge on any atom is 0.241 e. The Balaban J connectivity index is 1.96. The first-order chi connectivity index (χ1) is 7.63. The number of amides is 1. The second-order valence-electron chi connectivity index (χ2n) is 5.61. The van der Waals surface area contributed by atoms with E-state index in [1.54, 1.807) is 0 Å². The summed E-state index contributed by atoms with van der Waals surface area (Å²) in [7, 11) is 0. The van der Waals surface area contributed by atoms with Crippen molar-refractivity contribution < 1.29 is 4.79 Å². The van der Waals surface area contributed by atoms with Gasteiger partial charge in [0, 0.05) is 6.04 Å². The Morgan fingerprint density at radius 2 is 2.25 bits per heavy atom. The molecule has 2 fully saturated rings. The summed E-state index contributed by atoms with van der Waals surface area (Å²) >= 11 is 0. The molecule has 1 amide bonds. The van der Waals surface area contributed by atoms with Crippen molar-refractivity contribution in [2.75, 3.05) is 6.67 Å². The van der Waals surface area contributed by atoms with Crippen LogP contribution >= 0.6 is 0 Å². The van der Waals surface area contributed by atoms with Gasteiger partial charge >= 0.3 is 0 Å². The Morgan fingerprint density at radius 3 is 2.81 bits per heavy atom. The summed E-state index contributed by atoms with van der Waals surface area (Å²) in [5.74, 6) is 1.59. The fourth-order valence-corrected chi connectivity index (χ4v) is 2.99. The van der Waals surface area contributed by atoms with Gasteiger partial charge in [-0.25, -0.2) is 0 Å². The van der Waals surface area contributed by atoms with Crippen LogP contribution in [0.5, 0.6) is 0 Å². The van der Waals surface area contributed by atoms with Crippen molar-refractivity contribution in [2.45, 2.75) is 58.5 Å². The fraction of sp³-hybridized carbons (Fsp3) is 0.923. The van der Waals surface area contributed by atoms with E-state index < -0.39 is 0 Å². The number of hydrogen-bond acceptors (Lipinski definition) is 2. The molecule has 2 aliphatic rings. The van der Waals surface area contributed by atoms with Crippen LogP contribution in [0, 0.1) is 11.8 Å². The third kappa shape index (κ3) is 2.10. The molecule has 16 heavy (non-hydrogen) atoms. The van der Waals surface area contributed by atoms with Crippen molar-refractivity contribution in [2.24, 2.45) is 11.8 Å². The Morgan fingerprint density at radius 1 is 1.50 bits per heavy atom. The molecule has 92 valence electrons. The molecule has 0 bridgehead atoms. The lowest BCUT2D eigenvalue weighted by Gasteiger charge is -2.24. The minimum absolute atomic E-state index is 0.0703. The van der Waals surface area contributed by atoms with Crippen molar-refractivity contribution in [3.05, 3.63) is 0 Å². The van der Waals surface area contributed by atoms with E-state index >= 15 is 0 Å². The number of rotatable bonds is 3. The maximum atomic E-state index is 12.3. The summed E-state index contributed by atoms with van der Waals surface area (Å²) in [6, 6.07) is 0.574. The van der Waals surface area contributed by atoms with Crippen LogP contribution in [-0.2, 0) is 4.79 Å². The highest BCUT2D eigenvalue weighted by atomic mass is 16.2. The monoisotopic (exact) mass is 224 g/mol. The van der Waals surface area contributed by atoms with Gasteiger partial charge < -0.3 is 4.90 Å². The molecular weight excluding hydrogens is 200 g/mol. The highest BCUT2D eigenvalue weighted by molar-refractivity contribution is 5.84. The quantitative estimate of drug-likeness (QED) is 0.795. The molecule has 1 saturated heterocycles. The minimum Gasteiger partial charge on any atom is -0.326 e. The van der Waals surface area contributed by atoms with E-state index in [1.807, 2.05) is 0 Å². The molecule has 0 aromatic carbocycles. The highest BCUT2D eigenvalue weighted by Gasteiger charge is 2.39. The summed E-state index contributed by atoms with van der Waals surface area (Å²) in [6.07, 6.45) is 4.74. The highest BCUT2D eigenvalue weighted by Crippen LogP contribution is 2.30. The van der Waals surface area contributed by atoms with Crippen molar-refractivity contribution in [1.29, 1.82) is 0 Å². The summed E-state index contributed by atoms with van der Waals surface area (Å²) in [5, 5.41) is 3.38. The van der Waals surface area contributed by atoms with Gasteiger partial charge in [-0.3, -0.25) is 10.1 Å². The third-order valence-electron chi connectivity index (χ3n) is 4.35. The Bertz CT molecular complexity index is 267. The molecule has 0 aromatic rings. The van der Waals surface area contributed by atoms with Crippen LogP contribution < -0.4 is 5.32 Å². The lowest BCUT2D eigenvalue weighted by molar-refractivity contribution is -0.131. The van der Waals surface area contributed by atoms with Gasteiger partial charge in [-0.05, 0) is 31.1 Å². The summed E-state index contributed by atoms with van der Waals surface area (Å²) in [4.78, 5) is 14.3. The predicted octanol–water partition coefficient (Wildman–Crippen LogP) is 1.98. The van der Waals surface area contributed by atoms with Crippen molar-refractivity contribution in [3.63, 3.8) is 0 Å². The van der Waals surface area contributed by atoms with Crippen LogP contribution in [-0.4, -0.2) is 29.6 Å². The third-order valence-corrected chi connectivity index (χ3v) is 4.35. The lowest BCUT2D eigenvalue weighted by Crippen LogP contribution is -2.39. The molecule has 3 nitrogen and oxygen atoms in total. The van der Waals surface area contributed by atoms with Gasteiger partial charge in [0.1, 0.15) is 0 Å². The van der Waals surface area contributed by atoms with E-state index in [0.717, 1.165) is 19.0 Å². The standard InChI is InChI=1S/C13H24N2O/c1-4-10(3)12-13(16)15(8-14-12)11-6-5-9(2)7-11/h9-12,14H,4-8H2,1-3H3. The average molecular weight is 224 g/mol. The molecule has 1 N–H and O–H groups in total. The predicted molar refractivity (Wildman–Crippen MR) is 64.9 cm³/mol. The summed E-state index contributed by atoms with van der Waals surface area (Å²) in [6.45, 7) is 7.38. The van der Waals surface area contributed by atoms with E-state index in [0.29, 0.717) is 17.9 Å². The topological polar surface area (TPSA) is 32.3 Å². The van der Waals surface area contributed by atoms with Crippen LogP contribution in [0.1, 0.15) is 46.5 Å². The number of carbonyl (C=O) groups excluding carboxylic acids is 1. The number of hydrogen-bond donors (Lipinski definition) is 1. The smallest absolute Gasteiger partial charge is 0.241 e. The van der Waals surface area contributed by atoms with Crippen LogP contribution in [0.4, 0.5) is 0 Å². The van der Waals surface area contributed by atoms with Gasteiger partial charge in [-0.2, -0.15) is 0 Å². The van der Waals surface area contributed by atoms with Gasteiger partial charge in [0.25, 0.3) is 0 Å². The Labute approximate surface area is 98.6 Å². The van der Waals surface area contributed by atoms with E-state index in [-0.39, 0.29) is 6.04 Å². The number of nitrogens with one attached hydrogen (secondary N) is 1. The Hall–Kier alpha value is -0.570. The molecule has 0 radical (unpaired) electrons. The normalized spacial score (nSPS) is 37.1. The van der Waals surface area contributed by atoms with E-state index in [1.165, 1.54) is 19.3 Å². The fourth-order valence-electron chi connectivity index (χ4n) is 2.99. The van der Waals surface area contributed by atoms with Crippen LogP contribution in [0.25, 0.3) is 0 Å². The molecule has 0 aromatic heterocycles. The van der Waals surface area contributed by atoms with Gasteiger partial charge in [0.2, 0.25) is 5.91 Å². The van der Waals surface area contributed by atoms with Crippen LogP contribution in [0.15, 0.2) is 0 Å². The van der Waals surface area contributed by atoms with Crippen LogP contribution in [0.2, 0.25) is 0 Å². The molecule has 1 saturated carbocycles. The molecule has 1 aliphatic heterocycles. The summed E-state index contributed by atoms with van der Waals surface area (Å²) < 4.78 is 0. The van der Waals surface area contributed by atoms with Gasteiger partial charge in [-0.1, -0.05) is 27.2 Å². The average Bonchev–Trinajstić information content (AvgIpc) is 2.83. The largest absolute Gasteiger partial charge is 0.326 e. The molecule has 4 atom stereocenters. The SMILES string of the molecule is CCC(C)C1NCN(C2CCC(C)C2)C1=O. The Kier molecular flexibility index (Phi) is 3.53. The van der Waals surface area contributed by atoms with Gasteiger partial charge in [0.05, 0.1) is 12.7 Å². The second kappa shape index (κ2) is 4.74. The van der Waals surface area contributed by atoms with Crippen molar-refractivity contribution in [1.82, 2.24) is 10.2 Å². The minimum atomic E-state index is 0.0703. The molecule has 0 spiro atoms. The lowest BCUT2D eigenvalue weighted by atomic mass is 9.99. The first-order valence-corrected chi connectivity index (χ1v) is 6.67. The molecule has 4 unspecified atom stereocenters. The second-order valence-corrected chi connectivity index (χ2v) is 5.61. The van der Waals surface area contributed by atoms with Crippen LogP contribution in [0.3, 0.4) is 0 Å². The molecular formula is C13H24N2O. The van der Waals surface area contributed by atoms with Crippen molar-refractivity contribution >= 4 is 5.91 Å². The molecule has 2 rings (SSSR count). The molecule has 3 heteroatoms. The van der Waals surface area contributed by atoms with E-state index in [4.69, 9.17) is 0 Å². The zero-order valence-electron chi connectivity index (χ0n) is 10.7. The zero-order chi connectivity index (χ0) is 11.7. The zero-order valence-corrected chi connectivity index (χ0v) is 10.7. The molecule has 1 heterocycles. The van der Waals surface area contributed by atoms with E-state index in [2.05, 4.69) is 31.0 Å². The number of carbonyl (C=O) groups is 1. The molecule has 1 aliphatic carbocycles. The van der Waals surface area contributed by atoms with Gasteiger partial charge in [0.15, 0.2) is 0 Å². The first-order valence-electron chi connectivity index (χ1n) is 6.67. The van der Waals surface area contributed by atoms with Crippen molar-refractivity contribution in [3.8, 4) is 0 Å². The number of nitrogens with zero attached hydrogens (tertiary/aromatic N) is 1. The van der Waals surface area contributed by atoms with Gasteiger partial charge in [-0.15, -0.1) is 0 Å². The summed E-state index contributed by atoms with van der Waals surface area (Å²) in [5.41, 5.74) is 0. The first kappa shape index (κ1) is 11.9. The maximum absolute atomic E-state index is 12.3.